The van der Waals surface area contributed by atoms with Gasteiger partial charge in [-0.25, -0.2) is 8.42 Å². The van der Waals surface area contributed by atoms with Crippen LogP contribution in [0.1, 0.15) is 51.0 Å². The van der Waals surface area contributed by atoms with E-state index >= 15 is 0 Å². The predicted octanol–water partition coefficient (Wildman–Crippen LogP) is 4.61. The van der Waals surface area contributed by atoms with Gasteiger partial charge in [0, 0.05) is 18.7 Å². The number of nitrogens with zero attached hydrogens (tertiary/aromatic N) is 3. The van der Waals surface area contributed by atoms with Crippen LogP contribution in [0.25, 0.3) is 11.4 Å². The van der Waals surface area contributed by atoms with Gasteiger partial charge in [-0.2, -0.15) is 9.29 Å². The average molecular weight is 456 g/mol. The molecule has 0 aliphatic carbocycles. The Hall–Kier alpha value is -2.71. The van der Waals surface area contributed by atoms with E-state index in [9.17, 15) is 8.42 Å². The normalized spacial score (nSPS) is 17.9. The largest absolute Gasteiger partial charge is 0.497 e. The molecule has 1 fully saturated rings. The Morgan fingerprint density at radius 2 is 1.88 bits per heavy atom. The van der Waals surface area contributed by atoms with Crippen molar-refractivity contribution in [3.63, 3.8) is 0 Å². The molecule has 7 nitrogen and oxygen atoms in total. The van der Waals surface area contributed by atoms with Crippen molar-refractivity contribution in [1.29, 1.82) is 0 Å². The van der Waals surface area contributed by atoms with Crippen molar-refractivity contribution in [3.8, 4) is 17.1 Å². The van der Waals surface area contributed by atoms with Gasteiger partial charge in [-0.05, 0) is 48.1 Å². The Balaban J connectivity index is 1.53. The lowest BCUT2D eigenvalue weighted by molar-refractivity contribution is 0.265. The molecule has 170 valence electrons. The average Bonchev–Trinajstić information content (AvgIpc) is 3.29. The fourth-order valence-electron chi connectivity index (χ4n) is 3.92. The van der Waals surface area contributed by atoms with E-state index in [1.54, 1.807) is 19.2 Å². The molecule has 32 heavy (non-hydrogen) atoms. The van der Waals surface area contributed by atoms with Crippen LogP contribution in [0.15, 0.2) is 57.9 Å². The highest BCUT2D eigenvalue weighted by Crippen LogP contribution is 2.32. The Morgan fingerprint density at radius 1 is 1.12 bits per heavy atom. The number of hydrogen-bond donors (Lipinski definition) is 0. The fraction of sp³-hybridized carbons (Fsp3) is 0.417. The second-order valence-electron chi connectivity index (χ2n) is 9.16. The molecule has 2 aromatic carbocycles. The molecule has 0 unspecified atom stereocenters. The van der Waals surface area contributed by atoms with Gasteiger partial charge in [-0.1, -0.05) is 50.2 Å². The van der Waals surface area contributed by atoms with Crippen LogP contribution in [-0.4, -0.2) is 43.1 Å². The monoisotopic (exact) mass is 455 g/mol. The third-order valence-corrected chi connectivity index (χ3v) is 7.74. The number of rotatable bonds is 5. The maximum atomic E-state index is 13.3. The van der Waals surface area contributed by atoms with Gasteiger partial charge in [-0.15, -0.1) is 0 Å². The standard InChI is InChI=1S/C24H29N3O4S/c1-24(2,3)19-10-12-21(13-11-19)32(28,29)27-14-6-8-18(16-27)23-25-22(26-31-23)17-7-5-9-20(15-17)30-4/h5,7,9-13,15,18H,6,8,14,16H2,1-4H3/t18-/m1/s1. The molecular weight excluding hydrogens is 426 g/mol. The number of aromatic nitrogens is 2. The van der Waals surface area contributed by atoms with Crippen molar-refractivity contribution in [3.05, 3.63) is 60.0 Å². The Bertz CT molecular complexity index is 1180. The molecule has 0 saturated carbocycles. The van der Waals surface area contributed by atoms with Crippen molar-refractivity contribution >= 4 is 10.0 Å². The summed E-state index contributed by atoms with van der Waals surface area (Å²) in [5.74, 6) is 1.50. The van der Waals surface area contributed by atoms with Gasteiger partial charge >= 0.3 is 0 Å². The van der Waals surface area contributed by atoms with Gasteiger partial charge in [0.1, 0.15) is 5.75 Å². The zero-order valence-corrected chi connectivity index (χ0v) is 19.7. The molecule has 0 radical (unpaired) electrons. The van der Waals surface area contributed by atoms with Crippen LogP contribution >= 0.6 is 0 Å². The summed E-state index contributed by atoms with van der Waals surface area (Å²) in [7, 11) is -1.99. The van der Waals surface area contributed by atoms with E-state index < -0.39 is 10.0 Å². The van der Waals surface area contributed by atoms with Crippen molar-refractivity contribution in [1.82, 2.24) is 14.4 Å². The summed E-state index contributed by atoms with van der Waals surface area (Å²) in [6.45, 7) is 7.13. The zero-order chi connectivity index (χ0) is 22.9. The van der Waals surface area contributed by atoms with Crippen molar-refractivity contribution < 1.29 is 17.7 Å². The SMILES string of the molecule is COc1cccc(-c2noc([C@@H]3CCCN(S(=O)(=O)c4ccc(C(C)(C)C)cc4)C3)n2)c1. The van der Waals surface area contributed by atoms with Crippen LogP contribution < -0.4 is 4.74 Å². The minimum atomic E-state index is -3.59. The topological polar surface area (TPSA) is 85.5 Å². The molecule has 2 heterocycles. The smallest absolute Gasteiger partial charge is 0.243 e. The van der Waals surface area contributed by atoms with E-state index in [0.29, 0.717) is 35.4 Å². The van der Waals surface area contributed by atoms with E-state index in [0.717, 1.165) is 24.0 Å². The van der Waals surface area contributed by atoms with Crippen LogP contribution in [0.5, 0.6) is 5.75 Å². The van der Waals surface area contributed by atoms with Crippen LogP contribution in [0.2, 0.25) is 0 Å². The highest BCUT2D eigenvalue weighted by molar-refractivity contribution is 7.89. The lowest BCUT2D eigenvalue weighted by Crippen LogP contribution is -2.39. The number of piperidine rings is 1. The highest BCUT2D eigenvalue weighted by atomic mass is 32.2. The van der Waals surface area contributed by atoms with Crippen LogP contribution in [0.4, 0.5) is 0 Å². The first-order valence-corrected chi connectivity index (χ1v) is 12.2. The van der Waals surface area contributed by atoms with Crippen molar-refractivity contribution in [2.45, 2.75) is 49.8 Å². The minimum Gasteiger partial charge on any atom is -0.497 e. The summed E-state index contributed by atoms with van der Waals surface area (Å²) in [6.07, 6.45) is 1.54. The van der Waals surface area contributed by atoms with E-state index in [1.165, 1.54) is 4.31 Å². The van der Waals surface area contributed by atoms with Gasteiger partial charge in [0.2, 0.25) is 21.7 Å². The number of ether oxygens (including phenoxy) is 1. The summed E-state index contributed by atoms with van der Waals surface area (Å²) in [5.41, 5.74) is 1.86. The molecule has 8 heteroatoms. The van der Waals surface area contributed by atoms with E-state index in [-0.39, 0.29) is 11.3 Å². The Labute approximate surface area is 189 Å². The van der Waals surface area contributed by atoms with Gasteiger partial charge < -0.3 is 9.26 Å². The number of hydrogen-bond acceptors (Lipinski definition) is 6. The quantitative estimate of drug-likeness (QED) is 0.558. The van der Waals surface area contributed by atoms with E-state index in [4.69, 9.17) is 9.26 Å². The first kappa shape index (κ1) is 22.5. The van der Waals surface area contributed by atoms with Gasteiger partial charge in [0.15, 0.2) is 0 Å². The van der Waals surface area contributed by atoms with Crippen LogP contribution in [0.3, 0.4) is 0 Å². The maximum absolute atomic E-state index is 13.3. The fourth-order valence-corrected chi connectivity index (χ4v) is 5.44. The highest BCUT2D eigenvalue weighted by Gasteiger charge is 2.33. The molecule has 1 aromatic heterocycles. The third kappa shape index (κ3) is 4.56. The van der Waals surface area contributed by atoms with Crippen molar-refractivity contribution in [2.24, 2.45) is 0 Å². The predicted molar refractivity (Wildman–Crippen MR) is 122 cm³/mol. The lowest BCUT2D eigenvalue weighted by Gasteiger charge is -2.30. The number of sulfonamides is 1. The molecule has 0 amide bonds. The third-order valence-electron chi connectivity index (χ3n) is 5.86. The molecule has 0 N–H and O–H groups in total. The van der Waals surface area contributed by atoms with Crippen LogP contribution in [-0.2, 0) is 15.4 Å². The second kappa shape index (κ2) is 8.67. The zero-order valence-electron chi connectivity index (χ0n) is 18.9. The summed E-state index contributed by atoms with van der Waals surface area (Å²) in [5, 5.41) is 4.11. The molecule has 3 aromatic rings. The molecule has 0 bridgehead atoms. The second-order valence-corrected chi connectivity index (χ2v) is 11.1. The van der Waals surface area contributed by atoms with Gasteiger partial charge in [-0.3, -0.25) is 0 Å². The van der Waals surface area contributed by atoms with Crippen LogP contribution in [0, 0.1) is 0 Å². The minimum absolute atomic E-state index is 0.0308. The first-order valence-electron chi connectivity index (χ1n) is 10.8. The lowest BCUT2D eigenvalue weighted by atomic mass is 9.87. The summed E-state index contributed by atoms with van der Waals surface area (Å²) in [6, 6.07) is 14.6. The van der Waals surface area contributed by atoms with Crippen molar-refractivity contribution in [2.75, 3.05) is 20.2 Å². The van der Waals surface area contributed by atoms with E-state index in [2.05, 4.69) is 30.9 Å². The van der Waals surface area contributed by atoms with Gasteiger partial charge in [0.25, 0.3) is 0 Å². The molecule has 1 aliphatic rings. The number of benzene rings is 2. The van der Waals surface area contributed by atoms with Gasteiger partial charge in [0.05, 0.1) is 17.9 Å². The molecular formula is C24H29N3O4S. The molecule has 4 rings (SSSR count). The van der Waals surface area contributed by atoms with E-state index in [1.807, 2.05) is 36.4 Å². The molecule has 1 atom stereocenters. The summed E-state index contributed by atoms with van der Waals surface area (Å²) < 4.78 is 38.9. The number of methoxy groups -OCH3 is 1. The Kier molecular flexibility index (Phi) is 6.09. The summed E-state index contributed by atoms with van der Waals surface area (Å²) in [4.78, 5) is 4.87. The molecule has 0 spiro atoms. The summed E-state index contributed by atoms with van der Waals surface area (Å²) >= 11 is 0. The molecule has 1 saturated heterocycles. The molecule has 1 aliphatic heterocycles. The maximum Gasteiger partial charge on any atom is 0.243 e. The Morgan fingerprint density at radius 3 is 2.56 bits per heavy atom. The first-order chi connectivity index (χ1) is 15.2.